The number of nitrogens with two attached hydrogens (primary N) is 1. The van der Waals surface area contributed by atoms with Gasteiger partial charge in [0.1, 0.15) is 12.3 Å². The van der Waals surface area contributed by atoms with Crippen LogP contribution >= 0.6 is 0 Å². The van der Waals surface area contributed by atoms with Gasteiger partial charge in [0.2, 0.25) is 0 Å². The van der Waals surface area contributed by atoms with Gasteiger partial charge in [-0.05, 0) is 20.3 Å². The number of rotatable bonds is 4. The lowest BCUT2D eigenvalue weighted by Crippen LogP contribution is -2.38. The first kappa shape index (κ1) is 8.97. The molecule has 1 fully saturated rings. The molecule has 0 aromatic heterocycles. The van der Waals surface area contributed by atoms with Gasteiger partial charge in [-0.1, -0.05) is 6.92 Å². The second kappa shape index (κ2) is 3.09. The van der Waals surface area contributed by atoms with E-state index < -0.39 is 0 Å². The third kappa shape index (κ3) is 2.77. The molecule has 0 aromatic carbocycles. The molecule has 0 spiro atoms. The summed E-state index contributed by atoms with van der Waals surface area (Å²) in [6.07, 6.45) is 0.860. The molecular weight excluding hydrogens is 142 g/mol. The van der Waals surface area contributed by atoms with Crippen LogP contribution in [0.2, 0.25) is 0 Å². The Balaban J connectivity index is 2.27. The molecule has 2 unspecified atom stereocenters. The molecular formula is C8H17NO2. The molecule has 1 aliphatic rings. The van der Waals surface area contributed by atoms with E-state index >= 15 is 0 Å². The number of hydrogen-bond donors (Lipinski definition) is 1. The molecule has 0 saturated carbocycles. The van der Waals surface area contributed by atoms with Gasteiger partial charge in [0.15, 0.2) is 0 Å². The highest BCUT2D eigenvalue weighted by Gasteiger charge is 2.34. The van der Waals surface area contributed by atoms with Crippen molar-refractivity contribution in [1.29, 1.82) is 0 Å². The fraction of sp³-hybridized carbons (Fsp3) is 1.00. The van der Waals surface area contributed by atoms with Crippen molar-refractivity contribution in [3.05, 3.63) is 0 Å². The SMILES string of the molecule is CCC(C)(C)OC(N)C1CO1. The molecule has 66 valence electrons. The van der Waals surface area contributed by atoms with Gasteiger partial charge >= 0.3 is 0 Å². The Labute approximate surface area is 67.9 Å². The smallest absolute Gasteiger partial charge is 0.135 e. The zero-order valence-electron chi connectivity index (χ0n) is 7.46. The van der Waals surface area contributed by atoms with Crippen LogP contribution in [0.25, 0.3) is 0 Å². The van der Waals surface area contributed by atoms with E-state index in [4.69, 9.17) is 15.2 Å². The predicted molar refractivity (Wildman–Crippen MR) is 43.2 cm³/mol. The summed E-state index contributed by atoms with van der Waals surface area (Å²) in [5.74, 6) is 0. The average Bonchev–Trinajstić information content (AvgIpc) is 2.67. The number of epoxide rings is 1. The van der Waals surface area contributed by atoms with Gasteiger partial charge in [0.25, 0.3) is 0 Å². The molecule has 1 heterocycles. The summed E-state index contributed by atoms with van der Waals surface area (Å²) < 4.78 is 10.6. The second-order valence-electron chi connectivity index (χ2n) is 3.57. The zero-order chi connectivity index (χ0) is 8.48. The maximum atomic E-state index is 5.69. The fourth-order valence-corrected chi connectivity index (χ4v) is 0.773. The topological polar surface area (TPSA) is 47.8 Å². The highest BCUT2D eigenvalue weighted by atomic mass is 16.6. The van der Waals surface area contributed by atoms with Crippen LogP contribution in [-0.2, 0) is 9.47 Å². The predicted octanol–water partition coefficient (Wildman–Crippen LogP) is 0.875. The van der Waals surface area contributed by atoms with Crippen molar-refractivity contribution in [3.8, 4) is 0 Å². The van der Waals surface area contributed by atoms with Gasteiger partial charge in [0.05, 0.1) is 12.2 Å². The van der Waals surface area contributed by atoms with Gasteiger partial charge in [-0.2, -0.15) is 0 Å². The minimum atomic E-state index is -0.245. The largest absolute Gasteiger partial charge is 0.369 e. The van der Waals surface area contributed by atoms with Crippen LogP contribution in [0.3, 0.4) is 0 Å². The fourth-order valence-electron chi connectivity index (χ4n) is 0.773. The van der Waals surface area contributed by atoms with Crippen LogP contribution in [0.15, 0.2) is 0 Å². The summed E-state index contributed by atoms with van der Waals surface area (Å²) in [5, 5.41) is 0. The molecule has 0 aliphatic carbocycles. The van der Waals surface area contributed by atoms with Crippen molar-refractivity contribution in [2.24, 2.45) is 5.73 Å². The van der Waals surface area contributed by atoms with Crippen molar-refractivity contribution in [1.82, 2.24) is 0 Å². The third-order valence-corrected chi connectivity index (χ3v) is 2.03. The molecule has 3 nitrogen and oxygen atoms in total. The molecule has 11 heavy (non-hydrogen) atoms. The van der Waals surface area contributed by atoms with E-state index in [0.717, 1.165) is 13.0 Å². The summed E-state index contributed by atoms with van der Waals surface area (Å²) in [6, 6.07) is 0. The number of hydrogen-bond acceptors (Lipinski definition) is 3. The molecule has 1 aliphatic heterocycles. The molecule has 1 rings (SSSR count). The van der Waals surface area contributed by atoms with Crippen LogP contribution in [0.4, 0.5) is 0 Å². The minimum Gasteiger partial charge on any atom is -0.369 e. The van der Waals surface area contributed by atoms with Gasteiger partial charge in [-0.25, -0.2) is 0 Å². The van der Waals surface area contributed by atoms with Crippen LogP contribution < -0.4 is 5.73 Å². The maximum absolute atomic E-state index is 5.69. The molecule has 0 amide bonds. The van der Waals surface area contributed by atoms with E-state index in [1.807, 2.05) is 13.8 Å². The van der Waals surface area contributed by atoms with Crippen molar-refractivity contribution >= 4 is 0 Å². The standard InChI is InChI=1S/C8H17NO2/c1-4-8(2,3)11-7(9)6-5-10-6/h6-7H,4-5,9H2,1-3H3. The van der Waals surface area contributed by atoms with Crippen LogP contribution in [0.5, 0.6) is 0 Å². The van der Waals surface area contributed by atoms with E-state index in [1.165, 1.54) is 0 Å². The lowest BCUT2D eigenvalue weighted by atomic mass is 10.1. The Hall–Kier alpha value is -0.120. The summed E-state index contributed by atoms with van der Waals surface area (Å²) in [6.45, 7) is 6.91. The molecule has 1 saturated heterocycles. The van der Waals surface area contributed by atoms with E-state index in [1.54, 1.807) is 0 Å². The minimum absolute atomic E-state index is 0.120. The van der Waals surface area contributed by atoms with Crippen LogP contribution in [0.1, 0.15) is 27.2 Å². The summed E-state index contributed by atoms with van der Waals surface area (Å²) >= 11 is 0. The Morgan fingerprint density at radius 1 is 1.73 bits per heavy atom. The van der Waals surface area contributed by atoms with E-state index in [0.29, 0.717) is 0 Å². The highest BCUT2D eigenvalue weighted by Crippen LogP contribution is 2.21. The second-order valence-corrected chi connectivity index (χ2v) is 3.57. The zero-order valence-corrected chi connectivity index (χ0v) is 7.46. The first-order valence-electron chi connectivity index (χ1n) is 4.10. The van der Waals surface area contributed by atoms with Gasteiger partial charge in [0, 0.05) is 0 Å². The van der Waals surface area contributed by atoms with Crippen molar-refractivity contribution in [2.45, 2.75) is 45.1 Å². The van der Waals surface area contributed by atoms with Gasteiger partial charge < -0.3 is 15.2 Å². The lowest BCUT2D eigenvalue weighted by Gasteiger charge is -2.26. The maximum Gasteiger partial charge on any atom is 0.135 e. The molecule has 0 aromatic rings. The normalized spacial score (nSPS) is 26.7. The van der Waals surface area contributed by atoms with Crippen molar-refractivity contribution < 1.29 is 9.47 Å². The highest BCUT2D eigenvalue weighted by molar-refractivity contribution is 4.78. The Morgan fingerprint density at radius 2 is 2.27 bits per heavy atom. The Kier molecular flexibility index (Phi) is 2.52. The Bertz CT molecular complexity index is 132. The Morgan fingerprint density at radius 3 is 2.64 bits per heavy atom. The molecule has 3 heteroatoms. The quantitative estimate of drug-likeness (QED) is 0.489. The monoisotopic (exact) mass is 159 g/mol. The number of ether oxygens (including phenoxy) is 2. The van der Waals surface area contributed by atoms with E-state index in [-0.39, 0.29) is 17.9 Å². The van der Waals surface area contributed by atoms with Gasteiger partial charge in [-0.15, -0.1) is 0 Å². The molecule has 0 bridgehead atoms. The van der Waals surface area contributed by atoms with E-state index in [9.17, 15) is 0 Å². The first-order chi connectivity index (χ1) is 5.05. The summed E-state index contributed by atoms with van der Waals surface area (Å²) in [5.41, 5.74) is 5.57. The van der Waals surface area contributed by atoms with Crippen LogP contribution in [0, 0.1) is 0 Å². The summed E-state index contributed by atoms with van der Waals surface area (Å²) in [7, 11) is 0. The van der Waals surface area contributed by atoms with E-state index in [2.05, 4.69) is 6.92 Å². The third-order valence-electron chi connectivity index (χ3n) is 2.03. The molecule has 2 atom stereocenters. The van der Waals surface area contributed by atoms with Crippen LogP contribution in [-0.4, -0.2) is 24.5 Å². The molecule has 0 radical (unpaired) electrons. The lowest BCUT2D eigenvalue weighted by molar-refractivity contribution is -0.0799. The van der Waals surface area contributed by atoms with Crippen molar-refractivity contribution in [2.75, 3.05) is 6.61 Å². The summed E-state index contributed by atoms with van der Waals surface area (Å²) in [4.78, 5) is 0. The average molecular weight is 159 g/mol. The van der Waals surface area contributed by atoms with Crippen molar-refractivity contribution in [3.63, 3.8) is 0 Å². The molecule has 2 N–H and O–H groups in total. The first-order valence-corrected chi connectivity index (χ1v) is 4.10. The van der Waals surface area contributed by atoms with Gasteiger partial charge in [-0.3, -0.25) is 0 Å².